The molecule has 0 unspecified atom stereocenters. The summed E-state index contributed by atoms with van der Waals surface area (Å²) in [7, 11) is 0. The number of para-hydroxylation sites is 1. The maximum Gasteiger partial charge on any atom is 0.257 e. The molecule has 4 heteroatoms. The molecule has 1 aromatic carbocycles. The van der Waals surface area contributed by atoms with Crippen LogP contribution in [-0.4, -0.2) is 17.4 Å². The maximum atomic E-state index is 12.3. The molecule has 1 aromatic heterocycles. The molecular formula is C17H21N3O. The van der Waals surface area contributed by atoms with Gasteiger partial charge in [-0.15, -0.1) is 0 Å². The molecule has 0 atom stereocenters. The van der Waals surface area contributed by atoms with Crippen molar-refractivity contribution in [1.82, 2.24) is 4.98 Å². The van der Waals surface area contributed by atoms with E-state index < -0.39 is 0 Å². The zero-order valence-corrected chi connectivity index (χ0v) is 12.7. The van der Waals surface area contributed by atoms with E-state index >= 15 is 0 Å². The zero-order valence-electron chi connectivity index (χ0n) is 12.7. The van der Waals surface area contributed by atoms with E-state index in [2.05, 4.69) is 29.5 Å². The lowest BCUT2D eigenvalue weighted by Gasteiger charge is -2.11. The first kappa shape index (κ1) is 15.0. The summed E-state index contributed by atoms with van der Waals surface area (Å²) in [6.07, 6.45) is 3.31. The number of pyridine rings is 1. The Bertz CT molecular complexity index is 623. The highest BCUT2D eigenvalue weighted by molar-refractivity contribution is 6.04. The summed E-state index contributed by atoms with van der Waals surface area (Å²) in [5.41, 5.74) is 3.27. The van der Waals surface area contributed by atoms with Crippen molar-refractivity contribution < 1.29 is 4.79 Å². The van der Waals surface area contributed by atoms with Gasteiger partial charge in [0, 0.05) is 24.6 Å². The normalized spacial score (nSPS) is 10.5. The predicted molar refractivity (Wildman–Crippen MR) is 86.7 cm³/mol. The SMILES string of the molecule is Cc1ccccc1NC(=O)c1cncc(NCC(C)C)c1. The predicted octanol–water partition coefficient (Wildman–Crippen LogP) is 3.71. The molecule has 0 spiro atoms. The van der Waals surface area contributed by atoms with E-state index in [1.807, 2.05) is 37.3 Å². The summed E-state index contributed by atoms with van der Waals surface area (Å²) in [4.78, 5) is 16.4. The number of aromatic nitrogens is 1. The Labute approximate surface area is 125 Å². The molecule has 4 nitrogen and oxygen atoms in total. The minimum absolute atomic E-state index is 0.148. The second kappa shape index (κ2) is 6.88. The molecule has 2 N–H and O–H groups in total. The highest BCUT2D eigenvalue weighted by Gasteiger charge is 2.08. The van der Waals surface area contributed by atoms with Crippen LogP contribution in [-0.2, 0) is 0 Å². The van der Waals surface area contributed by atoms with Crippen LogP contribution in [0.15, 0.2) is 42.7 Å². The van der Waals surface area contributed by atoms with Gasteiger partial charge in [-0.2, -0.15) is 0 Å². The van der Waals surface area contributed by atoms with E-state index in [1.165, 1.54) is 0 Å². The van der Waals surface area contributed by atoms with Gasteiger partial charge in [-0.25, -0.2) is 0 Å². The van der Waals surface area contributed by atoms with Gasteiger partial charge in [0.15, 0.2) is 0 Å². The van der Waals surface area contributed by atoms with Crippen LogP contribution in [0.3, 0.4) is 0 Å². The first-order valence-corrected chi connectivity index (χ1v) is 7.12. The van der Waals surface area contributed by atoms with Gasteiger partial charge < -0.3 is 10.6 Å². The van der Waals surface area contributed by atoms with Gasteiger partial charge >= 0.3 is 0 Å². The van der Waals surface area contributed by atoms with Gasteiger partial charge in [0.25, 0.3) is 5.91 Å². The lowest BCUT2D eigenvalue weighted by Crippen LogP contribution is -2.14. The van der Waals surface area contributed by atoms with Crippen LogP contribution in [0.2, 0.25) is 0 Å². The number of hydrogen-bond acceptors (Lipinski definition) is 3. The molecule has 0 aliphatic heterocycles. The lowest BCUT2D eigenvalue weighted by molar-refractivity contribution is 0.102. The zero-order chi connectivity index (χ0) is 15.2. The summed E-state index contributed by atoms with van der Waals surface area (Å²) < 4.78 is 0. The molecule has 2 aromatic rings. The fourth-order valence-electron chi connectivity index (χ4n) is 1.89. The van der Waals surface area contributed by atoms with E-state index in [0.717, 1.165) is 23.5 Å². The molecule has 0 aliphatic rings. The molecular weight excluding hydrogens is 262 g/mol. The Morgan fingerprint density at radius 3 is 2.71 bits per heavy atom. The number of carbonyl (C=O) groups excluding carboxylic acids is 1. The number of carbonyl (C=O) groups is 1. The molecule has 0 saturated heterocycles. The van der Waals surface area contributed by atoms with Crippen molar-refractivity contribution in [1.29, 1.82) is 0 Å². The molecule has 1 heterocycles. The van der Waals surface area contributed by atoms with E-state index in [1.54, 1.807) is 12.4 Å². The number of nitrogens with one attached hydrogen (secondary N) is 2. The van der Waals surface area contributed by atoms with Gasteiger partial charge in [-0.3, -0.25) is 9.78 Å². The van der Waals surface area contributed by atoms with Crippen LogP contribution in [0.25, 0.3) is 0 Å². The molecule has 0 bridgehead atoms. The molecule has 21 heavy (non-hydrogen) atoms. The Kier molecular flexibility index (Phi) is 4.93. The monoisotopic (exact) mass is 283 g/mol. The van der Waals surface area contributed by atoms with Crippen molar-refractivity contribution in [2.45, 2.75) is 20.8 Å². The minimum Gasteiger partial charge on any atom is -0.384 e. The average molecular weight is 283 g/mol. The van der Waals surface area contributed by atoms with Crippen LogP contribution in [0.5, 0.6) is 0 Å². The van der Waals surface area contributed by atoms with Gasteiger partial charge in [0.2, 0.25) is 0 Å². The first-order valence-electron chi connectivity index (χ1n) is 7.12. The Balaban J connectivity index is 2.09. The third kappa shape index (κ3) is 4.31. The highest BCUT2D eigenvalue weighted by Crippen LogP contribution is 2.16. The third-order valence-corrected chi connectivity index (χ3v) is 3.11. The second-order valence-electron chi connectivity index (χ2n) is 5.51. The Morgan fingerprint density at radius 1 is 1.24 bits per heavy atom. The summed E-state index contributed by atoms with van der Waals surface area (Å²) in [6.45, 7) is 7.09. The van der Waals surface area contributed by atoms with Crippen molar-refractivity contribution in [2.24, 2.45) is 5.92 Å². The lowest BCUT2D eigenvalue weighted by atomic mass is 10.2. The first-order chi connectivity index (χ1) is 10.1. The quantitative estimate of drug-likeness (QED) is 0.879. The number of benzene rings is 1. The third-order valence-electron chi connectivity index (χ3n) is 3.11. The number of hydrogen-bond donors (Lipinski definition) is 2. The van der Waals surface area contributed by atoms with Crippen LogP contribution in [0, 0.1) is 12.8 Å². The average Bonchev–Trinajstić information content (AvgIpc) is 2.48. The van der Waals surface area contributed by atoms with Crippen LogP contribution >= 0.6 is 0 Å². The second-order valence-corrected chi connectivity index (χ2v) is 5.51. The van der Waals surface area contributed by atoms with Gasteiger partial charge in [-0.1, -0.05) is 32.0 Å². The summed E-state index contributed by atoms with van der Waals surface area (Å²) in [5.74, 6) is 0.388. The number of anilines is 2. The van der Waals surface area contributed by atoms with E-state index in [-0.39, 0.29) is 5.91 Å². The molecule has 0 fully saturated rings. The summed E-state index contributed by atoms with van der Waals surface area (Å²) in [6, 6.07) is 9.53. The van der Waals surface area contributed by atoms with Crippen LogP contribution in [0.4, 0.5) is 11.4 Å². The Hall–Kier alpha value is -2.36. The highest BCUT2D eigenvalue weighted by atomic mass is 16.1. The van der Waals surface area contributed by atoms with E-state index in [4.69, 9.17) is 0 Å². The molecule has 0 radical (unpaired) electrons. The number of amides is 1. The van der Waals surface area contributed by atoms with Crippen molar-refractivity contribution in [3.8, 4) is 0 Å². The van der Waals surface area contributed by atoms with Gasteiger partial charge in [0.05, 0.1) is 11.3 Å². The largest absolute Gasteiger partial charge is 0.384 e. The number of nitrogens with zero attached hydrogens (tertiary/aromatic N) is 1. The van der Waals surface area contributed by atoms with Gasteiger partial charge in [0.1, 0.15) is 0 Å². The summed E-state index contributed by atoms with van der Waals surface area (Å²) in [5, 5.41) is 6.18. The van der Waals surface area contributed by atoms with Crippen molar-refractivity contribution >= 4 is 17.3 Å². The van der Waals surface area contributed by atoms with E-state index in [0.29, 0.717) is 11.5 Å². The molecule has 0 saturated carbocycles. The molecule has 110 valence electrons. The number of aryl methyl sites for hydroxylation is 1. The Morgan fingerprint density at radius 2 is 2.00 bits per heavy atom. The maximum absolute atomic E-state index is 12.3. The minimum atomic E-state index is -0.148. The molecule has 2 rings (SSSR count). The smallest absolute Gasteiger partial charge is 0.257 e. The topological polar surface area (TPSA) is 54.0 Å². The van der Waals surface area contributed by atoms with Crippen molar-refractivity contribution in [3.63, 3.8) is 0 Å². The fourth-order valence-corrected chi connectivity index (χ4v) is 1.89. The van der Waals surface area contributed by atoms with Crippen molar-refractivity contribution in [3.05, 3.63) is 53.9 Å². The van der Waals surface area contributed by atoms with Crippen LogP contribution in [0.1, 0.15) is 29.8 Å². The fraction of sp³-hybridized carbons (Fsp3) is 0.294. The standard InChI is InChI=1S/C17H21N3O/c1-12(2)9-19-15-8-14(10-18-11-15)17(21)20-16-7-5-4-6-13(16)3/h4-8,10-12,19H,9H2,1-3H3,(H,20,21). The van der Waals surface area contributed by atoms with E-state index in [9.17, 15) is 4.79 Å². The van der Waals surface area contributed by atoms with Crippen molar-refractivity contribution in [2.75, 3.05) is 17.2 Å². The summed E-state index contributed by atoms with van der Waals surface area (Å²) >= 11 is 0. The van der Waals surface area contributed by atoms with Gasteiger partial charge in [-0.05, 0) is 30.5 Å². The molecule has 0 aliphatic carbocycles. The van der Waals surface area contributed by atoms with Crippen LogP contribution < -0.4 is 10.6 Å². The molecule has 1 amide bonds. The number of rotatable bonds is 5.